The molecule has 1 aromatic carbocycles. The van der Waals surface area contributed by atoms with E-state index in [-0.39, 0.29) is 23.9 Å². The molecule has 1 atom stereocenters. The fourth-order valence-electron chi connectivity index (χ4n) is 3.96. The number of sulfonamides is 1. The second kappa shape index (κ2) is 9.87. The van der Waals surface area contributed by atoms with E-state index in [0.717, 1.165) is 37.8 Å². The Morgan fingerprint density at radius 1 is 1.00 bits per heavy atom. The molecule has 1 amide bonds. The van der Waals surface area contributed by atoms with Crippen molar-refractivity contribution in [1.29, 1.82) is 0 Å². The van der Waals surface area contributed by atoms with Crippen LogP contribution in [0.3, 0.4) is 0 Å². The summed E-state index contributed by atoms with van der Waals surface area (Å²) in [6.45, 7) is 3.34. The van der Waals surface area contributed by atoms with Crippen molar-refractivity contribution in [3.63, 3.8) is 0 Å². The van der Waals surface area contributed by atoms with E-state index in [1.807, 2.05) is 0 Å². The molecule has 2 aliphatic rings. The largest absolute Gasteiger partial charge is 0.452 e. The average molecular weight is 441 g/mol. The SMILES string of the molecule is C[C@H](OC(=O)C1CCN(S(=O)(=O)c2ccc(F)cc2)CC1)C(=O)N1CCCCCC1. The molecule has 0 N–H and O–H groups in total. The first-order valence-corrected chi connectivity index (χ1v) is 12.0. The summed E-state index contributed by atoms with van der Waals surface area (Å²) >= 11 is 0. The fourth-order valence-corrected chi connectivity index (χ4v) is 5.43. The lowest BCUT2D eigenvalue weighted by Gasteiger charge is -2.31. The average Bonchev–Trinajstić information content (AvgIpc) is 3.03. The van der Waals surface area contributed by atoms with Crippen molar-refractivity contribution in [2.75, 3.05) is 26.2 Å². The Bertz CT molecular complexity index is 843. The van der Waals surface area contributed by atoms with Crippen molar-refractivity contribution in [3.8, 4) is 0 Å². The number of benzene rings is 1. The summed E-state index contributed by atoms with van der Waals surface area (Å²) < 4.78 is 45.2. The van der Waals surface area contributed by atoms with E-state index in [1.54, 1.807) is 11.8 Å². The van der Waals surface area contributed by atoms with E-state index in [4.69, 9.17) is 4.74 Å². The van der Waals surface area contributed by atoms with Gasteiger partial charge in [-0.05, 0) is 56.9 Å². The van der Waals surface area contributed by atoms with Crippen LogP contribution in [0.1, 0.15) is 45.4 Å². The number of carbonyl (C=O) groups excluding carboxylic acids is 2. The number of hydrogen-bond acceptors (Lipinski definition) is 5. The zero-order valence-corrected chi connectivity index (χ0v) is 18.1. The van der Waals surface area contributed by atoms with E-state index in [0.29, 0.717) is 25.9 Å². The van der Waals surface area contributed by atoms with Crippen LogP contribution in [0, 0.1) is 11.7 Å². The number of rotatable bonds is 5. The number of likely N-dealkylation sites (tertiary alicyclic amines) is 1. The number of carbonyl (C=O) groups is 2. The van der Waals surface area contributed by atoms with E-state index in [1.165, 1.54) is 16.4 Å². The molecule has 3 rings (SSSR count). The molecule has 30 heavy (non-hydrogen) atoms. The molecule has 2 fully saturated rings. The minimum Gasteiger partial charge on any atom is -0.452 e. The lowest BCUT2D eigenvalue weighted by atomic mass is 9.98. The normalized spacial score (nSPS) is 20.4. The molecule has 2 aliphatic heterocycles. The maximum absolute atomic E-state index is 13.1. The zero-order chi connectivity index (χ0) is 21.7. The van der Waals surface area contributed by atoms with Gasteiger partial charge in [-0.15, -0.1) is 0 Å². The molecule has 0 bridgehead atoms. The topological polar surface area (TPSA) is 84.0 Å². The number of piperidine rings is 1. The molecule has 0 radical (unpaired) electrons. The Kier molecular flexibility index (Phi) is 7.46. The highest BCUT2D eigenvalue weighted by Gasteiger charge is 2.34. The maximum atomic E-state index is 13.1. The quantitative estimate of drug-likeness (QED) is 0.657. The lowest BCUT2D eigenvalue weighted by molar-refractivity contribution is -0.163. The molecular formula is C21H29FN2O5S. The summed E-state index contributed by atoms with van der Waals surface area (Å²) in [4.78, 5) is 26.9. The molecule has 1 aromatic rings. The van der Waals surface area contributed by atoms with Crippen LogP contribution in [0.15, 0.2) is 29.2 Å². The van der Waals surface area contributed by atoms with Crippen molar-refractivity contribution >= 4 is 21.9 Å². The Morgan fingerprint density at radius 3 is 2.13 bits per heavy atom. The highest BCUT2D eigenvalue weighted by atomic mass is 32.2. The summed E-state index contributed by atoms with van der Waals surface area (Å²) in [7, 11) is -3.73. The Labute approximate surface area is 177 Å². The molecular weight excluding hydrogens is 411 g/mol. The summed E-state index contributed by atoms with van der Waals surface area (Å²) in [6.07, 6.45) is 3.96. The van der Waals surface area contributed by atoms with Crippen molar-refractivity contribution < 1.29 is 27.1 Å². The molecule has 166 valence electrons. The summed E-state index contributed by atoms with van der Waals surface area (Å²) in [5.41, 5.74) is 0. The van der Waals surface area contributed by atoms with Gasteiger partial charge in [-0.2, -0.15) is 4.31 Å². The van der Waals surface area contributed by atoms with Crippen LogP contribution in [0.4, 0.5) is 4.39 Å². The molecule has 0 spiro atoms. The van der Waals surface area contributed by atoms with Crippen LogP contribution in [-0.2, 0) is 24.3 Å². The summed E-state index contributed by atoms with van der Waals surface area (Å²) in [6, 6.07) is 4.70. The molecule has 0 aliphatic carbocycles. The number of esters is 1. The van der Waals surface area contributed by atoms with Gasteiger partial charge in [0.05, 0.1) is 10.8 Å². The third-order valence-corrected chi connectivity index (χ3v) is 7.71. The first-order valence-electron chi connectivity index (χ1n) is 10.5. The van der Waals surface area contributed by atoms with Gasteiger partial charge in [0.2, 0.25) is 10.0 Å². The highest BCUT2D eigenvalue weighted by Crippen LogP contribution is 2.25. The van der Waals surface area contributed by atoms with Gasteiger partial charge in [0.1, 0.15) is 5.82 Å². The highest BCUT2D eigenvalue weighted by molar-refractivity contribution is 7.89. The third-order valence-electron chi connectivity index (χ3n) is 5.80. The van der Waals surface area contributed by atoms with Crippen LogP contribution >= 0.6 is 0 Å². The van der Waals surface area contributed by atoms with Crippen molar-refractivity contribution in [2.45, 2.75) is 56.4 Å². The number of hydrogen-bond donors (Lipinski definition) is 0. The summed E-state index contributed by atoms with van der Waals surface area (Å²) in [5, 5.41) is 0. The Balaban J connectivity index is 1.52. The molecule has 9 heteroatoms. The van der Waals surface area contributed by atoms with Crippen molar-refractivity contribution in [3.05, 3.63) is 30.1 Å². The van der Waals surface area contributed by atoms with Crippen molar-refractivity contribution in [1.82, 2.24) is 9.21 Å². The van der Waals surface area contributed by atoms with Gasteiger partial charge in [-0.25, -0.2) is 12.8 Å². The number of halogens is 1. The van der Waals surface area contributed by atoms with Gasteiger partial charge in [-0.1, -0.05) is 12.8 Å². The first kappa shape index (κ1) is 22.7. The Morgan fingerprint density at radius 2 is 1.57 bits per heavy atom. The van der Waals surface area contributed by atoms with Crippen LogP contribution < -0.4 is 0 Å². The van der Waals surface area contributed by atoms with Gasteiger partial charge in [0, 0.05) is 26.2 Å². The molecule has 2 heterocycles. The smallest absolute Gasteiger partial charge is 0.309 e. The minimum atomic E-state index is -3.73. The Hall–Kier alpha value is -2.00. The number of nitrogens with zero attached hydrogens (tertiary/aromatic N) is 2. The molecule has 0 saturated carbocycles. The van der Waals surface area contributed by atoms with Crippen LogP contribution in [0.5, 0.6) is 0 Å². The van der Waals surface area contributed by atoms with Gasteiger partial charge >= 0.3 is 5.97 Å². The van der Waals surface area contributed by atoms with Crippen LogP contribution in [-0.4, -0.2) is 61.8 Å². The van der Waals surface area contributed by atoms with E-state index >= 15 is 0 Å². The zero-order valence-electron chi connectivity index (χ0n) is 17.3. The van der Waals surface area contributed by atoms with Gasteiger partial charge in [0.15, 0.2) is 6.10 Å². The standard InChI is InChI=1S/C21H29FN2O5S/c1-16(20(25)23-12-4-2-3-5-13-23)29-21(26)17-10-14-24(15-11-17)30(27,28)19-8-6-18(22)7-9-19/h6-9,16-17H,2-5,10-15H2,1H3/t16-/m0/s1. The summed E-state index contributed by atoms with van der Waals surface area (Å²) in [5.74, 6) is -1.56. The molecule has 2 saturated heterocycles. The minimum absolute atomic E-state index is 0.0293. The van der Waals surface area contributed by atoms with E-state index < -0.39 is 33.8 Å². The fraction of sp³-hybridized carbons (Fsp3) is 0.619. The molecule has 0 unspecified atom stereocenters. The molecule has 0 aromatic heterocycles. The lowest BCUT2D eigenvalue weighted by Crippen LogP contribution is -2.43. The number of ether oxygens (including phenoxy) is 1. The van der Waals surface area contributed by atoms with Crippen LogP contribution in [0.25, 0.3) is 0 Å². The van der Waals surface area contributed by atoms with Gasteiger partial charge in [-0.3, -0.25) is 9.59 Å². The maximum Gasteiger partial charge on any atom is 0.309 e. The van der Waals surface area contributed by atoms with Gasteiger partial charge < -0.3 is 9.64 Å². The second-order valence-electron chi connectivity index (χ2n) is 7.95. The van der Waals surface area contributed by atoms with Crippen molar-refractivity contribution in [2.24, 2.45) is 5.92 Å². The number of amides is 1. The second-order valence-corrected chi connectivity index (χ2v) is 9.89. The molecule has 7 nitrogen and oxygen atoms in total. The first-order chi connectivity index (χ1) is 14.3. The monoisotopic (exact) mass is 440 g/mol. The van der Waals surface area contributed by atoms with E-state index in [2.05, 4.69) is 0 Å². The third kappa shape index (κ3) is 5.37. The van der Waals surface area contributed by atoms with E-state index in [9.17, 15) is 22.4 Å². The predicted molar refractivity (Wildman–Crippen MR) is 108 cm³/mol. The van der Waals surface area contributed by atoms with Crippen LogP contribution in [0.2, 0.25) is 0 Å². The predicted octanol–water partition coefficient (Wildman–Crippen LogP) is 2.56. The van der Waals surface area contributed by atoms with Gasteiger partial charge in [0.25, 0.3) is 5.91 Å².